The predicted molar refractivity (Wildman–Crippen MR) is 114 cm³/mol. The first-order valence-corrected chi connectivity index (χ1v) is 10.2. The molecule has 6 heteroatoms. The van der Waals surface area contributed by atoms with E-state index in [1.54, 1.807) is 25.3 Å². The fourth-order valence-electron chi connectivity index (χ4n) is 4.08. The lowest BCUT2D eigenvalue weighted by Crippen LogP contribution is -2.47. The summed E-state index contributed by atoms with van der Waals surface area (Å²) in [4.78, 5) is 29.9. The van der Waals surface area contributed by atoms with E-state index < -0.39 is 0 Å². The summed E-state index contributed by atoms with van der Waals surface area (Å²) >= 11 is 0. The van der Waals surface area contributed by atoms with Crippen molar-refractivity contribution in [1.29, 1.82) is 0 Å². The standard InChI is InChI=1S/C24H26N2O4/c1-29-22-10-6-5-9-21(22)24(28)26-14-19-13-25(15-20(26)17-30-16-19)23(27)12-11-18-7-3-2-4-8-18/h2-12,19-20H,13-17H2,1H3/b12-11+/t19-,20-/m0/s1. The number of benzene rings is 2. The second-order valence-corrected chi connectivity index (χ2v) is 7.70. The molecule has 4 rings (SSSR count). The van der Waals surface area contributed by atoms with Crippen molar-refractivity contribution < 1.29 is 19.1 Å². The Morgan fingerprint density at radius 2 is 1.77 bits per heavy atom. The monoisotopic (exact) mass is 406 g/mol. The predicted octanol–water partition coefficient (Wildman–Crippen LogP) is 2.71. The molecule has 2 aromatic rings. The van der Waals surface area contributed by atoms with Crippen molar-refractivity contribution in [3.05, 3.63) is 71.8 Å². The van der Waals surface area contributed by atoms with E-state index in [2.05, 4.69) is 0 Å². The lowest BCUT2D eigenvalue weighted by Gasteiger charge is -2.31. The lowest BCUT2D eigenvalue weighted by atomic mass is 10.1. The van der Waals surface area contributed by atoms with E-state index in [4.69, 9.17) is 9.47 Å². The summed E-state index contributed by atoms with van der Waals surface area (Å²) in [6.07, 6.45) is 3.45. The van der Waals surface area contributed by atoms with Crippen LogP contribution in [0.3, 0.4) is 0 Å². The van der Waals surface area contributed by atoms with Gasteiger partial charge in [0.2, 0.25) is 5.91 Å². The van der Waals surface area contributed by atoms with Gasteiger partial charge < -0.3 is 19.3 Å². The zero-order valence-corrected chi connectivity index (χ0v) is 17.1. The smallest absolute Gasteiger partial charge is 0.258 e. The summed E-state index contributed by atoms with van der Waals surface area (Å²) in [5.41, 5.74) is 1.52. The van der Waals surface area contributed by atoms with Crippen LogP contribution in [0.15, 0.2) is 60.7 Å². The number of carbonyl (C=O) groups is 2. The van der Waals surface area contributed by atoms with Crippen LogP contribution in [0, 0.1) is 5.92 Å². The molecule has 2 aliphatic rings. The topological polar surface area (TPSA) is 59.1 Å². The quantitative estimate of drug-likeness (QED) is 0.733. The van der Waals surface area contributed by atoms with Gasteiger partial charge in [-0.2, -0.15) is 0 Å². The van der Waals surface area contributed by atoms with E-state index in [-0.39, 0.29) is 23.8 Å². The van der Waals surface area contributed by atoms with E-state index in [1.165, 1.54) is 0 Å². The Hall–Kier alpha value is -3.12. The van der Waals surface area contributed by atoms with Gasteiger partial charge in [0.25, 0.3) is 5.91 Å². The van der Waals surface area contributed by atoms with Gasteiger partial charge in [0, 0.05) is 31.6 Å². The molecule has 0 aromatic heterocycles. The average molecular weight is 406 g/mol. The van der Waals surface area contributed by atoms with Crippen LogP contribution in [0.4, 0.5) is 0 Å². The molecule has 0 aliphatic carbocycles. The highest BCUT2D eigenvalue weighted by Gasteiger charge is 2.37. The SMILES string of the molecule is COc1ccccc1C(=O)N1C[C@H]2COC[C@@H]1CN(C(=O)/C=C/c1ccccc1)C2. The summed E-state index contributed by atoms with van der Waals surface area (Å²) in [5.74, 6) is 0.510. The Morgan fingerprint density at radius 3 is 2.57 bits per heavy atom. The van der Waals surface area contributed by atoms with Gasteiger partial charge >= 0.3 is 0 Å². The van der Waals surface area contributed by atoms with Gasteiger partial charge in [-0.15, -0.1) is 0 Å². The summed E-state index contributed by atoms with van der Waals surface area (Å²) in [6, 6.07) is 16.8. The van der Waals surface area contributed by atoms with E-state index in [1.807, 2.05) is 58.3 Å². The highest BCUT2D eigenvalue weighted by Crippen LogP contribution is 2.25. The third kappa shape index (κ3) is 4.39. The maximum atomic E-state index is 13.3. The normalized spacial score (nSPS) is 21.4. The molecule has 0 unspecified atom stereocenters. The zero-order valence-electron chi connectivity index (χ0n) is 17.1. The van der Waals surface area contributed by atoms with Gasteiger partial charge in [0.05, 0.1) is 31.9 Å². The zero-order chi connectivity index (χ0) is 20.9. The first-order valence-electron chi connectivity index (χ1n) is 10.2. The summed E-state index contributed by atoms with van der Waals surface area (Å²) < 4.78 is 11.2. The van der Waals surface area contributed by atoms with Crippen molar-refractivity contribution in [2.75, 3.05) is 40.0 Å². The minimum absolute atomic E-state index is 0.0395. The first kappa shape index (κ1) is 20.2. The number of hydrogen-bond donors (Lipinski definition) is 0. The van der Waals surface area contributed by atoms with Crippen LogP contribution in [-0.4, -0.2) is 67.6 Å². The number of ether oxygens (including phenoxy) is 2. The summed E-state index contributed by atoms with van der Waals surface area (Å²) in [5, 5.41) is 0. The second-order valence-electron chi connectivity index (χ2n) is 7.70. The fraction of sp³-hybridized carbons (Fsp3) is 0.333. The van der Waals surface area contributed by atoms with Crippen LogP contribution < -0.4 is 4.74 Å². The number of nitrogens with zero attached hydrogens (tertiary/aromatic N) is 2. The maximum Gasteiger partial charge on any atom is 0.258 e. The van der Waals surface area contributed by atoms with Crippen molar-refractivity contribution in [2.24, 2.45) is 5.92 Å². The van der Waals surface area contributed by atoms with Gasteiger partial charge in [-0.25, -0.2) is 0 Å². The Morgan fingerprint density at radius 1 is 1.00 bits per heavy atom. The molecule has 2 saturated heterocycles. The van der Waals surface area contributed by atoms with Crippen LogP contribution in [-0.2, 0) is 9.53 Å². The number of rotatable bonds is 4. The van der Waals surface area contributed by atoms with Crippen molar-refractivity contribution in [1.82, 2.24) is 9.80 Å². The maximum absolute atomic E-state index is 13.3. The highest BCUT2D eigenvalue weighted by atomic mass is 16.5. The molecule has 2 heterocycles. The van der Waals surface area contributed by atoms with Crippen molar-refractivity contribution in [2.45, 2.75) is 6.04 Å². The lowest BCUT2D eigenvalue weighted by molar-refractivity contribution is -0.127. The molecule has 2 atom stereocenters. The Labute approximate surface area is 176 Å². The number of hydrogen-bond acceptors (Lipinski definition) is 4. The third-order valence-corrected chi connectivity index (χ3v) is 5.60. The van der Waals surface area contributed by atoms with E-state index >= 15 is 0 Å². The number of carbonyl (C=O) groups excluding carboxylic acids is 2. The molecule has 0 radical (unpaired) electrons. The Bertz CT molecular complexity index is 928. The fourth-order valence-corrected chi connectivity index (χ4v) is 4.08. The van der Waals surface area contributed by atoms with Crippen molar-refractivity contribution in [3.63, 3.8) is 0 Å². The molecule has 2 bridgehead atoms. The summed E-state index contributed by atoms with van der Waals surface area (Å²) in [6.45, 7) is 2.55. The Kier molecular flexibility index (Phi) is 6.14. The van der Waals surface area contributed by atoms with Crippen LogP contribution >= 0.6 is 0 Å². The molecule has 0 N–H and O–H groups in total. The molecule has 2 aromatic carbocycles. The molecule has 6 nitrogen and oxygen atoms in total. The molecular formula is C24H26N2O4. The van der Waals surface area contributed by atoms with Gasteiger partial charge in [-0.1, -0.05) is 42.5 Å². The van der Waals surface area contributed by atoms with E-state index in [0.717, 1.165) is 5.56 Å². The first-order chi connectivity index (χ1) is 14.7. The van der Waals surface area contributed by atoms with E-state index in [9.17, 15) is 9.59 Å². The molecule has 156 valence electrons. The van der Waals surface area contributed by atoms with E-state index in [0.29, 0.717) is 44.2 Å². The highest BCUT2D eigenvalue weighted by molar-refractivity contribution is 5.97. The van der Waals surface area contributed by atoms with Crippen LogP contribution in [0.2, 0.25) is 0 Å². The Balaban J connectivity index is 1.53. The molecule has 30 heavy (non-hydrogen) atoms. The van der Waals surface area contributed by atoms with Crippen molar-refractivity contribution >= 4 is 17.9 Å². The molecule has 0 spiro atoms. The third-order valence-electron chi connectivity index (χ3n) is 5.60. The van der Waals surface area contributed by atoms with Crippen molar-refractivity contribution in [3.8, 4) is 5.75 Å². The number of methoxy groups -OCH3 is 1. The minimum Gasteiger partial charge on any atom is -0.496 e. The molecular weight excluding hydrogens is 380 g/mol. The molecule has 2 fully saturated rings. The second kappa shape index (κ2) is 9.13. The largest absolute Gasteiger partial charge is 0.496 e. The van der Waals surface area contributed by atoms with Crippen LogP contribution in [0.25, 0.3) is 6.08 Å². The average Bonchev–Trinajstić information content (AvgIpc) is 3.09. The summed E-state index contributed by atoms with van der Waals surface area (Å²) in [7, 11) is 1.56. The van der Waals surface area contributed by atoms with Crippen LogP contribution in [0.5, 0.6) is 5.75 Å². The number of amides is 2. The van der Waals surface area contributed by atoms with Gasteiger partial charge in [0.1, 0.15) is 5.75 Å². The number of fused-ring (bicyclic) bond motifs is 3. The molecule has 0 saturated carbocycles. The van der Waals surface area contributed by atoms with Crippen LogP contribution in [0.1, 0.15) is 15.9 Å². The van der Waals surface area contributed by atoms with Gasteiger partial charge in [0.15, 0.2) is 0 Å². The van der Waals surface area contributed by atoms with Gasteiger partial charge in [-0.05, 0) is 23.8 Å². The molecule has 2 amide bonds. The minimum atomic E-state index is -0.191. The molecule has 2 aliphatic heterocycles. The van der Waals surface area contributed by atoms with Gasteiger partial charge in [-0.3, -0.25) is 9.59 Å². The number of para-hydroxylation sites is 1.